The molecule has 2 nitrogen and oxygen atoms in total. The van der Waals surface area contributed by atoms with E-state index in [4.69, 9.17) is 4.74 Å². The standard InChI is InChI=1S/C12H17BrFNO/c1-3-4-16-8-12(15-2)9-5-10(13)7-11(14)6-9/h5-7,12,15H,3-4,8H2,1-2H3. The molecule has 16 heavy (non-hydrogen) atoms. The van der Waals surface area contributed by atoms with Gasteiger partial charge in [0.2, 0.25) is 0 Å². The van der Waals surface area contributed by atoms with Crippen LogP contribution in [0.4, 0.5) is 4.39 Å². The van der Waals surface area contributed by atoms with E-state index in [1.165, 1.54) is 12.1 Å². The lowest BCUT2D eigenvalue weighted by Crippen LogP contribution is -2.22. The van der Waals surface area contributed by atoms with Crippen LogP contribution in [-0.2, 0) is 4.74 Å². The molecule has 0 aliphatic carbocycles. The molecule has 1 atom stereocenters. The van der Waals surface area contributed by atoms with E-state index in [0.717, 1.165) is 23.1 Å². The fourth-order valence-electron chi connectivity index (χ4n) is 1.47. The Hall–Kier alpha value is -0.450. The molecule has 0 aliphatic heterocycles. The van der Waals surface area contributed by atoms with E-state index in [0.29, 0.717) is 6.61 Å². The van der Waals surface area contributed by atoms with Crippen molar-refractivity contribution in [2.24, 2.45) is 0 Å². The lowest BCUT2D eigenvalue weighted by molar-refractivity contribution is 0.114. The maximum Gasteiger partial charge on any atom is 0.124 e. The van der Waals surface area contributed by atoms with Crippen molar-refractivity contribution >= 4 is 15.9 Å². The summed E-state index contributed by atoms with van der Waals surface area (Å²) in [5.74, 6) is -0.236. The van der Waals surface area contributed by atoms with E-state index in [1.807, 2.05) is 13.1 Å². The van der Waals surface area contributed by atoms with Crippen LogP contribution in [0, 0.1) is 5.82 Å². The molecule has 0 aromatic heterocycles. The zero-order chi connectivity index (χ0) is 12.0. The van der Waals surface area contributed by atoms with Crippen molar-refractivity contribution in [1.82, 2.24) is 5.32 Å². The van der Waals surface area contributed by atoms with Crippen molar-refractivity contribution in [3.05, 3.63) is 34.1 Å². The molecular weight excluding hydrogens is 273 g/mol. The maximum absolute atomic E-state index is 13.2. The van der Waals surface area contributed by atoms with Gasteiger partial charge in [-0.2, -0.15) is 0 Å². The molecule has 0 fully saturated rings. The molecule has 1 N–H and O–H groups in total. The van der Waals surface area contributed by atoms with Crippen molar-refractivity contribution in [1.29, 1.82) is 0 Å². The first-order chi connectivity index (χ1) is 7.67. The average molecular weight is 290 g/mol. The fourth-order valence-corrected chi connectivity index (χ4v) is 1.95. The van der Waals surface area contributed by atoms with Gasteiger partial charge in [0.15, 0.2) is 0 Å². The Balaban J connectivity index is 2.70. The number of rotatable bonds is 6. The first kappa shape index (κ1) is 13.6. The third-order valence-corrected chi connectivity index (χ3v) is 2.73. The van der Waals surface area contributed by atoms with Gasteiger partial charge < -0.3 is 10.1 Å². The third-order valence-electron chi connectivity index (χ3n) is 2.27. The van der Waals surface area contributed by atoms with Crippen LogP contribution in [0.3, 0.4) is 0 Å². The molecule has 0 spiro atoms. The molecule has 1 aromatic rings. The van der Waals surface area contributed by atoms with Crippen LogP contribution in [-0.4, -0.2) is 20.3 Å². The molecular formula is C12H17BrFNO. The molecule has 0 saturated carbocycles. The fraction of sp³-hybridized carbons (Fsp3) is 0.500. The Morgan fingerprint density at radius 3 is 2.75 bits per heavy atom. The molecule has 90 valence electrons. The van der Waals surface area contributed by atoms with E-state index >= 15 is 0 Å². The van der Waals surface area contributed by atoms with Crippen LogP contribution in [0.2, 0.25) is 0 Å². The van der Waals surface area contributed by atoms with E-state index in [9.17, 15) is 4.39 Å². The zero-order valence-electron chi connectivity index (χ0n) is 9.59. The van der Waals surface area contributed by atoms with Gasteiger partial charge in [-0.15, -0.1) is 0 Å². The Bertz CT molecular complexity index is 313. The summed E-state index contributed by atoms with van der Waals surface area (Å²) >= 11 is 3.28. The molecule has 0 amide bonds. The first-order valence-corrected chi connectivity index (χ1v) is 6.17. The van der Waals surface area contributed by atoms with Crippen molar-refractivity contribution < 1.29 is 9.13 Å². The minimum Gasteiger partial charge on any atom is -0.379 e. The van der Waals surface area contributed by atoms with Crippen LogP contribution >= 0.6 is 15.9 Å². The van der Waals surface area contributed by atoms with Crippen LogP contribution in [0.25, 0.3) is 0 Å². The van der Waals surface area contributed by atoms with Gasteiger partial charge in [-0.05, 0) is 37.2 Å². The van der Waals surface area contributed by atoms with Crippen molar-refractivity contribution in [3.8, 4) is 0 Å². The second-order valence-electron chi connectivity index (χ2n) is 3.62. The summed E-state index contributed by atoms with van der Waals surface area (Å²) in [5.41, 5.74) is 0.894. The normalized spacial score (nSPS) is 12.8. The molecule has 0 bridgehead atoms. The molecule has 1 aromatic carbocycles. The molecule has 0 aliphatic rings. The number of halogens is 2. The number of likely N-dealkylation sites (N-methyl/N-ethyl adjacent to an activating group) is 1. The van der Waals surface area contributed by atoms with Crippen LogP contribution in [0.5, 0.6) is 0 Å². The van der Waals surface area contributed by atoms with Gasteiger partial charge in [0.25, 0.3) is 0 Å². The SMILES string of the molecule is CCCOCC(NC)c1cc(F)cc(Br)c1. The van der Waals surface area contributed by atoms with Crippen LogP contribution < -0.4 is 5.32 Å². The van der Waals surface area contributed by atoms with Gasteiger partial charge in [-0.3, -0.25) is 0 Å². The largest absolute Gasteiger partial charge is 0.379 e. The van der Waals surface area contributed by atoms with E-state index in [1.54, 1.807) is 0 Å². The average Bonchev–Trinajstić information content (AvgIpc) is 2.23. The summed E-state index contributed by atoms with van der Waals surface area (Å²) < 4.78 is 19.4. The Labute approximate surface area is 104 Å². The Morgan fingerprint density at radius 2 is 2.19 bits per heavy atom. The van der Waals surface area contributed by atoms with E-state index in [-0.39, 0.29) is 11.9 Å². The zero-order valence-corrected chi connectivity index (χ0v) is 11.2. The summed E-state index contributed by atoms with van der Waals surface area (Å²) in [6, 6.07) is 4.91. The monoisotopic (exact) mass is 289 g/mol. The van der Waals surface area contributed by atoms with Crippen molar-refractivity contribution in [2.45, 2.75) is 19.4 Å². The highest BCUT2D eigenvalue weighted by Gasteiger charge is 2.11. The molecule has 1 unspecified atom stereocenters. The van der Waals surface area contributed by atoms with Crippen molar-refractivity contribution in [3.63, 3.8) is 0 Å². The summed E-state index contributed by atoms with van der Waals surface area (Å²) in [6.07, 6.45) is 0.989. The highest BCUT2D eigenvalue weighted by atomic mass is 79.9. The van der Waals surface area contributed by atoms with Gasteiger partial charge in [0, 0.05) is 11.1 Å². The Morgan fingerprint density at radius 1 is 1.44 bits per heavy atom. The summed E-state index contributed by atoms with van der Waals surface area (Å²) in [6.45, 7) is 3.35. The summed E-state index contributed by atoms with van der Waals surface area (Å²) in [5, 5.41) is 3.12. The maximum atomic E-state index is 13.2. The topological polar surface area (TPSA) is 21.3 Å². The number of hydrogen-bond acceptors (Lipinski definition) is 2. The predicted octanol–water partition coefficient (Wildman–Crippen LogP) is 3.28. The quantitative estimate of drug-likeness (QED) is 0.812. The lowest BCUT2D eigenvalue weighted by atomic mass is 10.1. The summed E-state index contributed by atoms with van der Waals surface area (Å²) in [4.78, 5) is 0. The highest BCUT2D eigenvalue weighted by molar-refractivity contribution is 9.10. The summed E-state index contributed by atoms with van der Waals surface area (Å²) in [7, 11) is 1.85. The molecule has 4 heteroatoms. The van der Waals surface area contributed by atoms with Gasteiger partial charge >= 0.3 is 0 Å². The minimum absolute atomic E-state index is 0.0264. The lowest BCUT2D eigenvalue weighted by Gasteiger charge is -2.17. The van der Waals surface area contributed by atoms with Crippen molar-refractivity contribution in [2.75, 3.05) is 20.3 Å². The van der Waals surface area contributed by atoms with Gasteiger partial charge in [0.1, 0.15) is 5.82 Å². The van der Waals surface area contributed by atoms with E-state index in [2.05, 4.69) is 28.2 Å². The van der Waals surface area contributed by atoms with Crippen LogP contribution in [0.1, 0.15) is 24.9 Å². The van der Waals surface area contributed by atoms with Gasteiger partial charge in [0.05, 0.1) is 12.6 Å². The molecule has 0 radical (unpaired) electrons. The number of hydrogen-bond donors (Lipinski definition) is 1. The highest BCUT2D eigenvalue weighted by Crippen LogP contribution is 2.20. The van der Waals surface area contributed by atoms with E-state index < -0.39 is 0 Å². The third kappa shape index (κ3) is 4.20. The smallest absolute Gasteiger partial charge is 0.124 e. The molecule has 0 saturated heterocycles. The number of benzene rings is 1. The second-order valence-corrected chi connectivity index (χ2v) is 4.53. The minimum atomic E-state index is -0.236. The number of nitrogens with one attached hydrogen (secondary N) is 1. The van der Waals surface area contributed by atoms with Gasteiger partial charge in [-0.1, -0.05) is 22.9 Å². The molecule has 0 heterocycles. The molecule has 1 rings (SSSR count). The first-order valence-electron chi connectivity index (χ1n) is 5.38. The van der Waals surface area contributed by atoms with Gasteiger partial charge in [-0.25, -0.2) is 4.39 Å². The Kier molecular flexibility index (Phi) is 5.95. The predicted molar refractivity (Wildman–Crippen MR) is 67.0 cm³/mol. The van der Waals surface area contributed by atoms with Crippen LogP contribution in [0.15, 0.2) is 22.7 Å². The number of ether oxygens (including phenoxy) is 1. The second kappa shape index (κ2) is 6.99.